The summed E-state index contributed by atoms with van der Waals surface area (Å²) in [5, 5.41) is 0. The van der Waals surface area contributed by atoms with Crippen molar-refractivity contribution >= 4 is 15.9 Å². The zero-order chi connectivity index (χ0) is 20.0. The molecule has 0 atom stereocenters. The van der Waals surface area contributed by atoms with Gasteiger partial charge in [0.25, 0.3) is 0 Å². The highest BCUT2D eigenvalue weighted by Gasteiger charge is 2.32. The molecule has 7 nitrogen and oxygen atoms in total. The van der Waals surface area contributed by atoms with Gasteiger partial charge in [-0.2, -0.15) is 0 Å². The van der Waals surface area contributed by atoms with Gasteiger partial charge in [-0.25, -0.2) is 12.7 Å². The summed E-state index contributed by atoms with van der Waals surface area (Å²) in [4.78, 5) is 14.8. The number of carbonyl (C=O) groups excluding carboxylic acids is 1. The standard InChI is InChI=1S/C19H30N2O5S/c1-5-20(14-15-7-8-17(25-3)18(13-15)26-4)19(22)16-9-11-21(12-10-16)27(23,24)6-2/h7-8,13,16H,5-6,9-12,14H2,1-4H3. The van der Waals surface area contributed by atoms with Crippen molar-refractivity contribution in [2.45, 2.75) is 33.2 Å². The summed E-state index contributed by atoms with van der Waals surface area (Å²) in [7, 11) is -0.00277. The van der Waals surface area contributed by atoms with E-state index in [1.807, 2.05) is 30.0 Å². The van der Waals surface area contributed by atoms with Gasteiger partial charge in [0.2, 0.25) is 15.9 Å². The molecule has 1 amide bonds. The van der Waals surface area contributed by atoms with E-state index in [0.717, 1.165) is 5.56 Å². The van der Waals surface area contributed by atoms with Crippen molar-refractivity contribution in [3.63, 3.8) is 0 Å². The van der Waals surface area contributed by atoms with Crippen LogP contribution in [0.1, 0.15) is 32.3 Å². The molecule has 0 unspecified atom stereocenters. The summed E-state index contributed by atoms with van der Waals surface area (Å²) in [6, 6.07) is 5.64. The maximum absolute atomic E-state index is 12.9. The molecule has 27 heavy (non-hydrogen) atoms. The van der Waals surface area contributed by atoms with E-state index in [2.05, 4.69) is 0 Å². The van der Waals surface area contributed by atoms with Crippen LogP contribution in [0.3, 0.4) is 0 Å². The van der Waals surface area contributed by atoms with Crippen molar-refractivity contribution in [3.8, 4) is 11.5 Å². The van der Waals surface area contributed by atoms with Gasteiger partial charge in [-0.05, 0) is 44.4 Å². The lowest BCUT2D eigenvalue weighted by atomic mass is 9.96. The Morgan fingerprint density at radius 2 is 1.78 bits per heavy atom. The zero-order valence-electron chi connectivity index (χ0n) is 16.6. The fraction of sp³-hybridized carbons (Fsp3) is 0.632. The minimum Gasteiger partial charge on any atom is -0.493 e. The van der Waals surface area contributed by atoms with Gasteiger partial charge in [-0.15, -0.1) is 0 Å². The minimum atomic E-state index is -3.18. The second-order valence-corrected chi connectivity index (χ2v) is 8.87. The first-order chi connectivity index (χ1) is 12.9. The van der Waals surface area contributed by atoms with Crippen molar-refractivity contribution in [3.05, 3.63) is 23.8 Å². The second kappa shape index (κ2) is 9.41. The fourth-order valence-corrected chi connectivity index (χ4v) is 4.50. The number of piperidine rings is 1. The molecule has 0 aromatic heterocycles. The topological polar surface area (TPSA) is 76.2 Å². The van der Waals surface area contributed by atoms with Gasteiger partial charge in [-0.1, -0.05) is 6.07 Å². The number of benzene rings is 1. The molecule has 2 rings (SSSR count). The largest absolute Gasteiger partial charge is 0.493 e. The molecule has 1 aliphatic heterocycles. The molecule has 0 aliphatic carbocycles. The van der Waals surface area contributed by atoms with E-state index in [4.69, 9.17) is 9.47 Å². The highest BCUT2D eigenvalue weighted by Crippen LogP contribution is 2.29. The minimum absolute atomic E-state index is 0.0841. The third kappa shape index (κ3) is 5.13. The first-order valence-electron chi connectivity index (χ1n) is 9.33. The zero-order valence-corrected chi connectivity index (χ0v) is 17.4. The van der Waals surface area contributed by atoms with Crippen LogP contribution in [0.2, 0.25) is 0 Å². The third-order valence-electron chi connectivity index (χ3n) is 5.08. The summed E-state index contributed by atoms with van der Waals surface area (Å²) >= 11 is 0. The molecule has 1 heterocycles. The fourth-order valence-electron chi connectivity index (χ4n) is 3.37. The predicted octanol–water partition coefficient (Wildman–Crippen LogP) is 2.11. The van der Waals surface area contributed by atoms with Crippen LogP contribution in [-0.2, 0) is 21.4 Å². The van der Waals surface area contributed by atoms with E-state index < -0.39 is 10.0 Å². The Morgan fingerprint density at radius 3 is 2.30 bits per heavy atom. The van der Waals surface area contributed by atoms with Crippen LogP contribution >= 0.6 is 0 Å². The van der Waals surface area contributed by atoms with Crippen LogP contribution in [0.5, 0.6) is 11.5 Å². The number of rotatable bonds is 8. The van der Waals surface area contributed by atoms with E-state index in [0.29, 0.717) is 50.5 Å². The lowest BCUT2D eigenvalue weighted by Crippen LogP contribution is -2.44. The number of methoxy groups -OCH3 is 2. The Kier molecular flexibility index (Phi) is 7.49. The summed E-state index contributed by atoms with van der Waals surface area (Å²) in [6.45, 7) is 5.52. The molecular weight excluding hydrogens is 368 g/mol. The summed E-state index contributed by atoms with van der Waals surface area (Å²) in [5.74, 6) is 1.34. The van der Waals surface area contributed by atoms with E-state index in [1.54, 1.807) is 21.1 Å². The van der Waals surface area contributed by atoms with Crippen LogP contribution < -0.4 is 9.47 Å². The molecule has 1 fully saturated rings. The first-order valence-corrected chi connectivity index (χ1v) is 10.9. The lowest BCUT2D eigenvalue weighted by molar-refractivity contribution is -0.137. The molecule has 8 heteroatoms. The van der Waals surface area contributed by atoms with Gasteiger partial charge < -0.3 is 14.4 Å². The monoisotopic (exact) mass is 398 g/mol. The highest BCUT2D eigenvalue weighted by molar-refractivity contribution is 7.89. The van der Waals surface area contributed by atoms with E-state index >= 15 is 0 Å². The molecule has 0 bridgehead atoms. The molecular formula is C19H30N2O5S. The average Bonchev–Trinajstić information content (AvgIpc) is 2.71. The number of nitrogens with zero attached hydrogens (tertiary/aromatic N) is 2. The molecule has 0 N–H and O–H groups in total. The molecule has 1 aliphatic rings. The maximum atomic E-state index is 12.9. The van der Waals surface area contributed by atoms with Crippen LogP contribution in [-0.4, -0.2) is 63.1 Å². The number of hydrogen-bond acceptors (Lipinski definition) is 5. The summed E-state index contributed by atoms with van der Waals surface area (Å²) < 4.78 is 36.1. The van der Waals surface area contributed by atoms with Crippen molar-refractivity contribution in [1.82, 2.24) is 9.21 Å². The van der Waals surface area contributed by atoms with E-state index in [-0.39, 0.29) is 17.6 Å². The van der Waals surface area contributed by atoms with Crippen molar-refractivity contribution in [2.24, 2.45) is 5.92 Å². The number of amides is 1. The molecule has 0 saturated carbocycles. The summed E-state index contributed by atoms with van der Waals surface area (Å²) in [6.07, 6.45) is 1.14. The Balaban J connectivity index is 2.02. The Morgan fingerprint density at radius 1 is 1.15 bits per heavy atom. The van der Waals surface area contributed by atoms with Crippen LogP contribution in [0, 0.1) is 5.92 Å². The predicted molar refractivity (Wildman–Crippen MR) is 104 cm³/mol. The normalized spacial score (nSPS) is 16.1. The number of hydrogen-bond donors (Lipinski definition) is 0. The number of sulfonamides is 1. The molecule has 0 spiro atoms. The number of ether oxygens (including phenoxy) is 2. The average molecular weight is 399 g/mol. The van der Waals surface area contributed by atoms with Gasteiger partial charge in [0.05, 0.1) is 20.0 Å². The summed E-state index contributed by atoms with van der Waals surface area (Å²) in [5.41, 5.74) is 0.967. The van der Waals surface area contributed by atoms with Crippen LogP contribution in [0.15, 0.2) is 18.2 Å². The van der Waals surface area contributed by atoms with Crippen molar-refractivity contribution in [1.29, 1.82) is 0 Å². The van der Waals surface area contributed by atoms with Gasteiger partial charge in [0.15, 0.2) is 11.5 Å². The van der Waals surface area contributed by atoms with Crippen molar-refractivity contribution in [2.75, 3.05) is 39.6 Å². The molecule has 1 saturated heterocycles. The smallest absolute Gasteiger partial charge is 0.226 e. The highest BCUT2D eigenvalue weighted by atomic mass is 32.2. The Bertz CT molecular complexity index is 742. The van der Waals surface area contributed by atoms with Crippen LogP contribution in [0.4, 0.5) is 0 Å². The Hall–Kier alpha value is -1.80. The lowest BCUT2D eigenvalue weighted by Gasteiger charge is -2.33. The van der Waals surface area contributed by atoms with Crippen molar-refractivity contribution < 1.29 is 22.7 Å². The molecule has 152 valence electrons. The maximum Gasteiger partial charge on any atom is 0.226 e. The molecule has 1 aromatic carbocycles. The van der Waals surface area contributed by atoms with Gasteiger partial charge in [0, 0.05) is 32.1 Å². The SMILES string of the molecule is CCN(Cc1ccc(OC)c(OC)c1)C(=O)C1CCN(S(=O)(=O)CC)CC1. The first kappa shape index (κ1) is 21.5. The second-order valence-electron chi connectivity index (χ2n) is 6.62. The van der Waals surface area contributed by atoms with Gasteiger partial charge in [-0.3, -0.25) is 4.79 Å². The van der Waals surface area contributed by atoms with E-state index in [1.165, 1.54) is 4.31 Å². The number of carbonyl (C=O) groups is 1. The van der Waals surface area contributed by atoms with Gasteiger partial charge >= 0.3 is 0 Å². The molecule has 1 aromatic rings. The van der Waals surface area contributed by atoms with Gasteiger partial charge in [0.1, 0.15) is 0 Å². The Labute approximate surface area is 162 Å². The molecule has 0 radical (unpaired) electrons. The van der Waals surface area contributed by atoms with E-state index in [9.17, 15) is 13.2 Å². The third-order valence-corrected chi connectivity index (χ3v) is 6.96. The van der Waals surface area contributed by atoms with Crippen LogP contribution in [0.25, 0.3) is 0 Å². The quantitative estimate of drug-likeness (QED) is 0.670.